The first-order valence-electron chi connectivity index (χ1n) is 7.86. The Hall–Kier alpha value is -2.44. The smallest absolute Gasteiger partial charge is 0.242 e. The van der Waals surface area contributed by atoms with Crippen molar-refractivity contribution in [2.75, 3.05) is 14.1 Å². The van der Waals surface area contributed by atoms with E-state index in [1.807, 2.05) is 32.0 Å². The summed E-state index contributed by atoms with van der Waals surface area (Å²) in [7, 11) is -0.590. The molecule has 0 radical (unpaired) electrons. The summed E-state index contributed by atoms with van der Waals surface area (Å²) in [4.78, 5) is 15.2. The lowest BCUT2D eigenvalue weighted by Crippen LogP contribution is -2.22. The van der Waals surface area contributed by atoms with Crippen molar-refractivity contribution in [3.63, 3.8) is 0 Å². The van der Waals surface area contributed by atoms with Crippen molar-refractivity contribution in [3.05, 3.63) is 53.1 Å². The van der Waals surface area contributed by atoms with Gasteiger partial charge in [0.05, 0.1) is 10.6 Å². The van der Waals surface area contributed by atoms with Gasteiger partial charge >= 0.3 is 0 Å². The number of hydrogen-bond donors (Lipinski definition) is 1. The number of rotatable bonds is 4. The van der Waals surface area contributed by atoms with Crippen LogP contribution in [0.25, 0.3) is 22.2 Å². The largest absolute Gasteiger partial charge is 0.354 e. The minimum Gasteiger partial charge on any atom is -0.354 e. The van der Waals surface area contributed by atoms with E-state index in [-0.39, 0.29) is 4.90 Å². The molecule has 5 nitrogen and oxygen atoms in total. The number of fused-ring (bicyclic) bond motifs is 1. The minimum absolute atomic E-state index is 0.165. The lowest BCUT2D eigenvalue weighted by atomic mass is 10.0. The van der Waals surface area contributed by atoms with Gasteiger partial charge in [-0.25, -0.2) is 12.7 Å². The predicted octanol–water partition coefficient (Wildman–Crippen LogP) is 3.51. The second-order valence-electron chi connectivity index (χ2n) is 6.33. The SMILES string of the molecule is Cc1ccc(-c2[nH]c3ccc(S(=O)(=O)N(C)C)cc3c2C=O)cc1C. The maximum absolute atomic E-state index is 12.4. The Morgan fingerprint density at radius 2 is 1.72 bits per heavy atom. The summed E-state index contributed by atoms with van der Waals surface area (Å²) < 4.78 is 25.9. The number of aldehydes is 1. The molecule has 1 heterocycles. The summed E-state index contributed by atoms with van der Waals surface area (Å²) in [6.45, 7) is 4.05. The van der Waals surface area contributed by atoms with Crippen LogP contribution in [0.15, 0.2) is 41.3 Å². The molecule has 1 aromatic heterocycles. The molecule has 0 saturated heterocycles. The quantitative estimate of drug-likeness (QED) is 0.727. The predicted molar refractivity (Wildman–Crippen MR) is 99.5 cm³/mol. The van der Waals surface area contributed by atoms with Gasteiger partial charge in [0.15, 0.2) is 6.29 Å². The Labute approximate surface area is 147 Å². The Morgan fingerprint density at radius 3 is 2.32 bits per heavy atom. The topological polar surface area (TPSA) is 70.2 Å². The third-order valence-corrected chi connectivity index (χ3v) is 6.31. The molecule has 3 rings (SSSR count). The fourth-order valence-corrected chi connectivity index (χ4v) is 3.74. The van der Waals surface area contributed by atoms with Crippen LogP contribution < -0.4 is 0 Å². The molecule has 0 atom stereocenters. The number of aromatic nitrogens is 1. The first-order valence-corrected chi connectivity index (χ1v) is 9.30. The highest BCUT2D eigenvalue weighted by Gasteiger charge is 2.20. The number of H-pyrrole nitrogens is 1. The number of aryl methyl sites for hydroxylation is 2. The van der Waals surface area contributed by atoms with Crippen LogP contribution in [0.4, 0.5) is 0 Å². The Balaban J connectivity index is 2.26. The highest BCUT2D eigenvalue weighted by atomic mass is 32.2. The number of hydrogen-bond acceptors (Lipinski definition) is 3. The van der Waals surface area contributed by atoms with E-state index >= 15 is 0 Å². The van der Waals surface area contributed by atoms with E-state index in [0.717, 1.165) is 27.2 Å². The molecular weight excluding hydrogens is 336 g/mol. The Kier molecular flexibility index (Phi) is 4.26. The molecule has 0 saturated carbocycles. The number of aromatic amines is 1. The molecule has 1 N–H and O–H groups in total. The van der Waals surface area contributed by atoms with Gasteiger partial charge in [-0.05, 0) is 54.8 Å². The summed E-state index contributed by atoms with van der Waals surface area (Å²) in [6, 6.07) is 10.8. The number of sulfonamides is 1. The van der Waals surface area contributed by atoms with Gasteiger partial charge in [-0.2, -0.15) is 0 Å². The maximum Gasteiger partial charge on any atom is 0.242 e. The van der Waals surface area contributed by atoms with Crippen molar-refractivity contribution in [2.45, 2.75) is 18.7 Å². The van der Waals surface area contributed by atoms with Crippen molar-refractivity contribution in [2.24, 2.45) is 0 Å². The molecule has 3 aromatic rings. The minimum atomic E-state index is -3.56. The second kappa shape index (κ2) is 6.13. The van der Waals surface area contributed by atoms with E-state index < -0.39 is 10.0 Å². The normalized spacial score (nSPS) is 12.0. The lowest BCUT2D eigenvalue weighted by Gasteiger charge is -2.11. The second-order valence-corrected chi connectivity index (χ2v) is 8.48. The molecule has 0 fully saturated rings. The molecule has 0 aliphatic rings. The zero-order chi connectivity index (χ0) is 18.4. The van der Waals surface area contributed by atoms with Gasteiger partial charge in [0.1, 0.15) is 0 Å². The third kappa shape index (κ3) is 2.88. The van der Waals surface area contributed by atoms with Gasteiger partial charge in [-0.3, -0.25) is 4.79 Å². The molecule has 25 heavy (non-hydrogen) atoms. The van der Waals surface area contributed by atoms with E-state index in [4.69, 9.17) is 0 Å². The van der Waals surface area contributed by atoms with E-state index in [2.05, 4.69) is 4.98 Å². The first kappa shape index (κ1) is 17.4. The van der Waals surface area contributed by atoms with E-state index in [1.54, 1.807) is 18.2 Å². The van der Waals surface area contributed by atoms with Crippen LogP contribution >= 0.6 is 0 Å². The van der Waals surface area contributed by atoms with Gasteiger partial charge < -0.3 is 4.98 Å². The summed E-state index contributed by atoms with van der Waals surface area (Å²) in [5.74, 6) is 0. The highest BCUT2D eigenvalue weighted by molar-refractivity contribution is 7.89. The molecule has 0 aliphatic heterocycles. The third-order valence-electron chi connectivity index (χ3n) is 4.50. The number of carbonyl (C=O) groups is 1. The summed E-state index contributed by atoms with van der Waals surface area (Å²) in [6.07, 6.45) is 0.773. The van der Waals surface area contributed by atoms with Crippen LogP contribution in [0.1, 0.15) is 21.5 Å². The van der Waals surface area contributed by atoms with Gasteiger partial charge in [0, 0.05) is 30.6 Å². The van der Waals surface area contributed by atoms with E-state index in [0.29, 0.717) is 16.6 Å². The molecule has 2 aromatic carbocycles. The lowest BCUT2D eigenvalue weighted by molar-refractivity contribution is 0.112. The summed E-state index contributed by atoms with van der Waals surface area (Å²) in [5, 5.41) is 0.603. The van der Waals surface area contributed by atoms with Crippen LogP contribution in [0.3, 0.4) is 0 Å². The fourth-order valence-electron chi connectivity index (χ4n) is 2.81. The maximum atomic E-state index is 12.4. The van der Waals surface area contributed by atoms with Crippen LogP contribution in [0.2, 0.25) is 0 Å². The van der Waals surface area contributed by atoms with Gasteiger partial charge in [-0.1, -0.05) is 12.1 Å². The van der Waals surface area contributed by atoms with Crippen molar-refractivity contribution >= 4 is 27.2 Å². The molecular formula is C19H20N2O3S. The van der Waals surface area contributed by atoms with Crippen LogP contribution in [0.5, 0.6) is 0 Å². The number of benzene rings is 2. The Morgan fingerprint density at radius 1 is 1.00 bits per heavy atom. The standard InChI is InChI=1S/C19H20N2O3S/c1-12-5-6-14(9-13(12)2)19-17(11-22)16-10-15(7-8-18(16)20-19)25(23,24)21(3)4/h5-11,20H,1-4H3. The molecule has 0 bridgehead atoms. The van der Waals surface area contributed by atoms with Gasteiger partial charge in [0.25, 0.3) is 0 Å². The number of carbonyl (C=O) groups excluding carboxylic acids is 1. The molecule has 0 aliphatic carbocycles. The van der Waals surface area contributed by atoms with E-state index in [9.17, 15) is 13.2 Å². The van der Waals surface area contributed by atoms with E-state index in [1.165, 1.54) is 19.7 Å². The number of nitrogens with one attached hydrogen (secondary N) is 1. The van der Waals surface area contributed by atoms with Gasteiger partial charge in [-0.15, -0.1) is 0 Å². The summed E-state index contributed by atoms with van der Waals surface area (Å²) in [5.41, 5.74) is 5.10. The van der Waals surface area contributed by atoms with Crippen LogP contribution in [-0.2, 0) is 10.0 Å². The van der Waals surface area contributed by atoms with Crippen molar-refractivity contribution < 1.29 is 13.2 Å². The Bertz CT molecular complexity index is 1080. The summed E-state index contributed by atoms with van der Waals surface area (Å²) >= 11 is 0. The van der Waals surface area contributed by atoms with Crippen molar-refractivity contribution in [1.82, 2.24) is 9.29 Å². The van der Waals surface area contributed by atoms with Crippen LogP contribution in [-0.4, -0.2) is 38.1 Å². The zero-order valence-electron chi connectivity index (χ0n) is 14.6. The molecule has 0 amide bonds. The molecule has 0 spiro atoms. The van der Waals surface area contributed by atoms with Crippen molar-refractivity contribution in [1.29, 1.82) is 0 Å². The average molecular weight is 356 g/mol. The van der Waals surface area contributed by atoms with Crippen LogP contribution in [0, 0.1) is 13.8 Å². The van der Waals surface area contributed by atoms with Crippen molar-refractivity contribution in [3.8, 4) is 11.3 Å². The van der Waals surface area contributed by atoms with Gasteiger partial charge in [0.2, 0.25) is 10.0 Å². The highest BCUT2D eigenvalue weighted by Crippen LogP contribution is 2.32. The molecule has 0 unspecified atom stereocenters. The first-order chi connectivity index (χ1) is 11.8. The number of nitrogens with zero attached hydrogens (tertiary/aromatic N) is 1. The zero-order valence-corrected chi connectivity index (χ0v) is 15.4. The fraction of sp³-hybridized carbons (Fsp3) is 0.211. The monoisotopic (exact) mass is 356 g/mol. The molecule has 130 valence electrons. The average Bonchev–Trinajstić information content (AvgIpc) is 2.94. The molecule has 6 heteroatoms.